The maximum Gasteiger partial charge on any atom is 0.352 e. The standard InChI is InChI=1S/C12H11NO4/c1-6-3-4-7(12(16)17-2)10-8(6)5-9(13-10)11(14)15/h3-5,13H,1-2H3,(H,14,15). The van der Waals surface area contributed by atoms with Crippen molar-refractivity contribution in [2.75, 3.05) is 7.11 Å². The fraction of sp³-hybridized carbons (Fsp3) is 0.167. The SMILES string of the molecule is COC(=O)c1ccc(C)c2cc(C(=O)O)[nH]c12. The van der Waals surface area contributed by atoms with Crippen molar-refractivity contribution in [2.45, 2.75) is 6.92 Å². The highest BCUT2D eigenvalue weighted by Crippen LogP contribution is 2.23. The normalized spacial score (nSPS) is 10.5. The molecule has 17 heavy (non-hydrogen) atoms. The van der Waals surface area contributed by atoms with Crippen LogP contribution in [0.2, 0.25) is 0 Å². The molecule has 2 N–H and O–H groups in total. The molecule has 0 fully saturated rings. The molecular weight excluding hydrogens is 222 g/mol. The van der Waals surface area contributed by atoms with Crippen molar-refractivity contribution in [3.63, 3.8) is 0 Å². The number of aromatic amines is 1. The lowest BCUT2D eigenvalue weighted by molar-refractivity contribution is 0.0601. The van der Waals surface area contributed by atoms with Gasteiger partial charge in [0.25, 0.3) is 0 Å². The van der Waals surface area contributed by atoms with Crippen LogP contribution in [0.15, 0.2) is 18.2 Å². The number of fused-ring (bicyclic) bond motifs is 1. The first-order valence-corrected chi connectivity index (χ1v) is 4.98. The molecule has 0 amide bonds. The number of hydrogen-bond acceptors (Lipinski definition) is 3. The Morgan fingerprint density at radius 3 is 2.65 bits per heavy atom. The van der Waals surface area contributed by atoms with E-state index in [2.05, 4.69) is 9.72 Å². The van der Waals surface area contributed by atoms with E-state index in [-0.39, 0.29) is 5.69 Å². The van der Waals surface area contributed by atoms with Gasteiger partial charge in [0, 0.05) is 5.39 Å². The summed E-state index contributed by atoms with van der Waals surface area (Å²) in [5.41, 5.74) is 1.78. The van der Waals surface area contributed by atoms with Gasteiger partial charge < -0.3 is 14.8 Å². The molecule has 0 saturated carbocycles. The van der Waals surface area contributed by atoms with Crippen LogP contribution in [0.3, 0.4) is 0 Å². The van der Waals surface area contributed by atoms with E-state index in [1.807, 2.05) is 6.92 Å². The maximum atomic E-state index is 11.5. The average molecular weight is 233 g/mol. The van der Waals surface area contributed by atoms with Gasteiger partial charge in [0.15, 0.2) is 0 Å². The van der Waals surface area contributed by atoms with Gasteiger partial charge in [0.2, 0.25) is 0 Å². The summed E-state index contributed by atoms with van der Waals surface area (Å²) in [5.74, 6) is -1.55. The molecule has 2 rings (SSSR count). The van der Waals surface area contributed by atoms with Gasteiger partial charge in [-0.05, 0) is 24.6 Å². The number of aromatic carboxylic acids is 1. The zero-order valence-electron chi connectivity index (χ0n) is 9.40. The van der Waals surface area contributed by atoms with E-state index in [0.29, 0.717) is 16.5 Å². The number of carboxylic acids is 1. The number of carbonyl (C=O) groups is 2. The van der Waals surface area contributed by atoms with Crippen molar-refractivity contribution in [1.82, 2.24) is 4.98 Å². The Kier molecular flexibility index (Phi) is 2.59. The molecular formula is C12H11NO4. The quantitative estimate of drug-likeness (QED) is 0.777. The zero-order valence-corrected chi connectivity index (χ0v) is 9.40. The molecule has 1 aromatic heterocycles. The molecule has 0 aliphatic rings. The third-order valence-electron chi connectivity index (χ3n) is 2.65. The van der Waals surface area contributed by atoms with Gasteiger partial charge >= 0.3 is 11.9 Å². The number of ether oxygens (including phenoxy) is 1. The van der Waals surface area contributed by atoms with Crippen LogP contribution < -0.4 is 0 Å². The van der Waals surface area contributed by atoms with Gasteiger partial charge in [-0.2, -0.15) is 0 Å². The van der Waals surface area contributed by atoms with Crippen LogP contribution >= 0.6 is 0 Å². The summed E-state index contributed by atoms with van der Waals surface area (Å²) in [5, 5.41) is 9.63. The number of carboxylic acid groups (broad SMARTS) is 1. The highest BCUT2D eigenvalue weighted by molar-refractivity contribution is 6.06. The van der Waals surface area contributed by atoms with Crippen molar-refractivity contribution in [1.29, 1.82) is 0 Å². The number of H-pyrrole nitrogens is 1. The van der Waals surface area contributed by atoms with E-state index < -0.39 is 11.9 Å². The van der Waals surface area contributed by atoms with E-state index in [0.717, 1.165) is 5.56 Å². The van der Waals surface area contributed by atoms with E-state index in [9.17, 15) is 9.59 Å². The summed E-state index contributed by atoms with van der Waals surface area (Å²) in [6, 6.07) is 4.89. The van der Waals surface area contributed by atoms with Crippen LogP contribution in [0.5, 0.6) is 0 Å². The van der Waals surface area contributed by atoms with E-state index in [1.165, 1.54) is 13.2 Å². The zero-order chi connectivity index (χ0) is 12.6. The summed E-state index contributed by atoms with van der Waals surface area (Å²) in [6.45, 7) is 1.85. The first-order valence-electron chi connectivity index (χ1n) is 4.98. The minimum Gasteiger partial charge on any atom is -0.477 e. The van der Waals surface area contributed by atoms with Crippen LogP contribution in [-0.2, 0) is 4.74 Å². The van der Waals surface area contributed by atoms with E-state index >= 15 is 0 Å². The lowest BCUT2D eigenvalue weighted by atomic mass is 10.1. The summed E-state index contributed by atoms with van der Waals surface area (Å²) >= 11 is 0. The van der Waals surface area contributed by atoms with Crippen molar-refractivity contribution in [2.24, 2.45) is 0 Å². The number of methoxy groups -OCH3 is 1. The number of esters is 1. The molecule has 5 heteroatoms. The Morgan fingerprint density at radius 2 is 2.06 bits per heavy atom. The van der Waals surface area contributed by atoms with Crippen molar-refractivity contribution in [3.05, 3.63) is 35.0 Å². The van der Waals surface area contributed by atoms with Gasteiger partial charge in [-0.1, -0.05) is 6.07 Å². The number of carbonyl (C=O) groups excluding carboxylic acids is 1. The molecule has 0 spiro atoms. The smallest absolute Gasteiger partial charge is 0.352 e. The molecule has 5 nitrogen and oxygen atoms in total. The number of aromatic nitrogens is 1. The molecule has 0 saturated heterocycles. The van der Waals surface area contributed by atoms with Crippen LogP contribution in [0, 0.1) is 6.92 Å². The van der Waals surface area contributed by atoms with Gasteiger partial charge in [-0.3, -0.25) is 0 Å². The molecule has 0 aliphatic carbocycles. The summed E-state index contributed by atoms with van der Waals surface area (Å²) < 4.78 is 4.65. The number of nitrogens with one attached hydrogen (secondary N) is 1. The second-order valence-electron chi connectivity index (χ2n) is 3.70. The minimum atomic E-state index is -1.06. The fourth-order valence-electron chi connectivity index (χ4n) is 1.75. The predicted molar refractivity (Wildman–Crippen MR) is 61.3 cm³/mol. The molecule has 2 aromatic rings. The van der Waals surface area contributed by atoms with Gasteiger partial charge in [0.1, 0.15) is 5.69 Å². The highest BCUT2D eigenvalue weighted by Gasteiger charge is 2.16. The second kappa shape index (κ2) is 3.93. The average Bonchev–Trinajstić information content (AvgIpc) is 2.74. The van der Waals surface area contributed by atoms with Crippen molar-refractivity contribution >= 4 is 22.8 Å². The van der Waals surface area contributed by atoms with Crippen LogP contribution in [0.1, 0.15) is 26.4 Å². The molecule has 1 heterocycles. The Morgan fingerprint density at radius 1 is 1.35 bits per heavy atom. The first kappa shape index (κ1) is 11.2. The largest absolute Gasteiger partial charge is 0.477 e. The number of aryl methyl sites for hydroxylation is 1. The maximum absolute atomic E-state index is 11.5. The molecule has 0 bridgehead atoms. The summed E-state index contributed by atoms with van der Waals surface area (Å²) in [6.07, 6.45) is 0. The third-order valence-corrected chi connectivity index (χ3v) is 2.65. The summed E-state index contributed by atoms with van der Waals surface area (Å²) in [4.78, 5) is 25.1. The van der Waals surface area contributed by atoms with Crippen LogP contribution in [-0.4, -0.2) is 29.1 Å². The van der Waals surface area contributed by atoms with Gasteiger partial charge in [-0.25, -0.2) is 9.59 Å². The van der Waals surface area contributed by atoms with Crippen LogP contribution in [0.4, 0.5) is 0 Å². The van der Waals surface area contributed by atoms with E-state index in [1.54, 1.807) is 12.1 Å². The number of rotatable bonds is 2. The minimum absolute atomic E-state index is 0.0550. The molecule has 0 atom stereocenters. The van der Waals surface area contributed by atoms with Crippen molar-refractivity contribution in [3.8, 4) is 0 Å². The second-order valence-corrected chi connectivity index (χ2v) is 3.70. The fourth-order valence-corrected chi connectivity index (χ4v) is 1.75. The molecule has 1 aromatic carbocycles. The molecule has 0 radical (unpaired) electrons. The van der Waals surface area contributed by atoms with Gasteiger partial charge in [0.05, 0.1) is 18.2 Å². The van der Waals surface area contributed by atoms with Crippen LogP contribution in [0.25, 0.3) is 10.9 Å². The Bertz CT molecular complexity index is 612. The van der Waals surface area contributed by atoms with Crippen molar-refractivity contribution < 1.29 is 19.4 Å². The molecule has 0 unspecified atom stereocenters. The summed E-state index contributed by atoms with van der Waals surface area (Å²) in [7, 11) is 1.29. The Labute approximate surface area is 97.0 Å². The Balaban J connectivity index is 2.75. The molecule has 88 valence electrons. The first-order chi connectivity index (χ1) is 8.04. The number of benzene rings is 1. The Hall–Kier alpha value is -2.30. The lowest BCUT2D eigenvalue weighted by Crippen LogP contribution is -2.02. The topological polar surface area (TPSA) is 79.4 Å². The number of hydrogen-bond donors (Lipinski definition) is 2. The molecule has 0 aliphatic heterocycles. The third kappa shape index (κ3) is 1.75. The monoisotopic (exact) mass is 233 g/mol. The predicted octanol–water partition coefficient (Wildman–Crippen LogP) is 1.96. The highest BCUT2D eigenvalue weighted by atomic mass is 16.5. The van der Waals surface area contributed by atoms with Gasteiger partial charge in [-0.15, -0.1) is 0 Å². The van der Waals surface area contributed by atoms with E-state index in [4.69, 9.17) is 5.11 Å². The lowest BCUT2D eigenvalue weighted by Gasteiger charge is -2.02.